The Labute approximate surface area is 126 Å². The standard InChI is InChI=1S/C15H14FN5O/c1-20-9-11(8-18-20)21-5-4-14(15(21)22)19-13-3-2-10(7-17)6-12(13)16/h2-3,6,8-9,14,19H,4-5H2,1H3. The summed E-state index contributed by atoms with van der Waals surface area (Å²) in [5.41, 5.74) is 1.21. The van der Waals surface area contributed by atoms with Crippen LogP contribution in [0.5, 0.6) is 0 Å². The number of hydrogen-bond donors (Lipinski definition) is 1. The number of amides is 1. The number of benzene rings is 1. The first kappa shape index (κ1) is 14.1. The van der Waals surface area contributed by atoms with E-state index in [1.54, 1.807) is 29.0 Å². The molecule has 0 spiro atoms. The summed E-state index contributed by atoms with van der Waals surface area (Å²) in [7, 11) is 1.78. The van der Waals surface area contributed by atoms with Crippen LogP contribution in [0.25, 0.3) is 0 Å². The Hall–Kier alpha value is -2.88. The van der Waals surface area contributed by atoms with Crippen LogP contribution in [-0.2, 0) is 11.8 Å². The number of nitriles is 1. The SMILES string of the molecule is Cn1cc(N2CCC(Nc3ccc(C#N)cc3F)C2=O)cn1. The van der Waals surface area contributed by atoms with Crippen molar-refractivity contribution in [3.8, 4) is 6.07 Å². The highest BCUT2D eigenvalue weighted by Gasteiger charge is 2.33. The summed E-state index contributed by atoms with van der Waals surface area (Å²) < 4.78 is 15.5. The molecule has 1 aromatic heterocycles. The summed E-state index contributed by atoms with van der Waals surface area (Å²) in [6.45, 7) is 0.556. The monoisotopic (exact) mass is 299 g/mol. The number of halogens is 1. The van der Waals surface area contributed by atoms with Crippen LogP contribution >= 0.6 is 0 Å². The molecule has 1 saturated heterocycles. The highest BCUT2D eigenvalue weighted by Crippen LogP contribution is 2.24. The van der Waals surface area contributed by atoms with Gasteiger partial charge in [0.1, 0.15) is 11.9 Å². The normalized spacial score (nSPS) is 17.6. The van der Waals surface area contributed by atoms with Crippen LogP contribution in [0.3, 0.4) is 0 Å². The predicted molar refractivity (Wildman–Crippen MR) is 78.7 cm³/mol. The van der Waals surface area contributed by atoms with E-state index >= 15 is 0 Å². The van der Waals surface area contributed by atoms with E-state index < -0.39 is 11.9 Å². The van der Waals surface area contributed by atoms with Crippen molar-refractivity contribution >= 4 is 17.3 Å². The molecule has 1 aliphatic rings. The molecule has 6 nitrogen and oxygen atoms in total. The molecule has 1 aliphatic heterocycles. The van der Waals surface area contributed by atoms with Crippen molar-refractivity contribution in [2.45, 2.75) is 12.5 Å². The van der Waals surface area contributed by atoms with Gasteiger partial charge in [0, 0.05) is 19.8 Å². The van der Waals surface area contributed by atoms with Crippen LogP contribution in [0, 0.1) is 17.1 Å². The molecular formula is C15H14FN5O. The fraction of sp³-hybridized carbons (Fsp3) is 0.267. The highest BCUT2D eigenvalue weighted by molar-refractivity contribution is 6.00. The maximum absolute atomic E-state index is 13.9. The second-order valence-electron chi connectivity index (χ2n) is 5.15. The second kappa shape index (κ2) is 5.48. The molecule has 1 unspecified atom stereocenters. The average Bonchev–Trinajstić information content (AvgIpc) is 3.08. The Morgan fingerprint density at radius 3 is 2.95 bits per heavy atom. The van der Waals surface area contributed by atoms with Crippen LogP contribution in [0.1, 0.15) is 12.0 Å². The maximum atomic E-state index is 13.9. The molecule has 0 bridgehead atoms. The van der Waals surface area contributed by atoms with E-state index in [1.807, 2.05) is 6.07 Å². The summed E-state index contributed by atoms with van der Waals surface area (Å²) >= 11 is 0. The van der Waals surface area contributed by atoms with Gasteiger partial charge in [-0.25, -0.2) is 4.39 Å². The summed E-state index contributed by atoms with van der Waals surface area (Å²) in [6, 6.07) is 5.54. The van der Waals surface area contributed by atoms with Gasteiger partial charge in [0.15, 0.2) is 0 Å². The number of carbonyl (C=O) groups is 1. The van der Waals surface area contributed by atoms with E-state index in [4.69, 9.17) is 5.26 Å². The third-order valence-electron chi connectivity index (χ3n) is 3.64. The molecule has 0 radical (unpaired) electrons. The molecule has 1 atom stereocenters. The van der Waals surface area contributed by atoms with Crippen LogP contribution in [0.2, 0.25) is 0 Å². The Balaban J connectivity index is 1.75. The number of anilines is 2. The minimum Gasteiger partial charge on any atom is -0.371 e. The van der Waals surface area contributed by atoms with Gasteiger partial charge in [-0.05, 0) is 24.6 Å². The lowest BCUT2D eigenvalue weighted by Gasteiger charge is -2.16. The first-order valence-corrected chi connectivity index (χ1v) is 6.84. The van der Waals surface area contributed by atoms with Crippen molar-refractivity contribution < 1.29 is 9.18 Å². The van der Waals surface area contributed by atoms with Crippen molar-refractivity contribution in [3.63, 3.8) is 0 Å². The third kappa shape index (κ3) is 2.51. The molecule has 7 heteroatoms. The van der Waals surface area contributed by atoms with Gasteiger partial charge >= 0.3 is 0 Å². The number of aromatic nitrogens is 2. The average molecular weight is 299 g/mol. The molecule has 112 valence electrons. The van der Waals surface area contributed by atoms with Gasteiger partial charge < -0.3 is 10.2 Å². The number of rotatable bonds is 3. The molecular weight excluding hydrogens is 285 g/mol. The first-order valence-electron chi connectivity index (χ1n) is 6.84. The van der Waals surface area contributed by atoms with E-state index in [0.29, 0.717) is 13.0 Å². The van der Waals surface area contributed by atoms with Gasteiger partial charge in [-0.3, -0.25) is 9.48 Å². The quantitative estimate of drug-likeness (QED) is 0.935. The maximum Gasteiger partial charge on any atom is 0.249 e. The Morgan fingerprint density at radius 1 is 1.50 bits per heavy atom. The van der Waals surface area contributed by atoms with Gasteiger partial charge in [0.05, 0.1) is 29.2 Å². The van der Waals surface area contributed by atoms with Gasteiger partial charge in [-0.2, -0.15) is 10.4 Å². The summed E-state index contributed by atoms with van der Waals surface area (Å²) in [5, 5.41) is 15.7. The molecule has 2 aromatic rings. The van der Waals surface area contributed by atoms with Crippen LogP contribution in [-0.4, -0.2) is 28.3 Å². The van der Waals surface area contributed by atoms with Gasteiger partial charge in [-0.15, -0.1) is 0 Å². The number of nitrogens with zero attached hydrogens (tertiary/aromatic N) is 4. The zero-order valence-corrected chi connectivity index (χ0v) is 12.0. The van der Waals surface area contributed by atoms with E-state index in [1.165, 1.54) is 12.1 Å². The second-order valence-corrected chi connectivity index (χ2v) is 5.15. The summed E-state index contributed by atoms with van der Waals surface area (Å²) in [5.74, 6) is -0.650. The fourth-order valence-electron chi connectivity index (χ4n) is 2.51. The van der Waals surface area contributed by atoms with E-state index in [0.717, 1.165) is 11.8 Å². The lowest BCUT2D eigenvalue weighted by molar-refractivity contribution is -0.117. The van der Waals surface area contributed by atoms with Crippen molar-refractivity contribution in [2.75, 3.05) is 16.8 Å². The fourth-order valence-corrected chi connectivity index (χ4v) is 2.51. The minimum absolute atomic E-state index is 0.114. The summed E-state index contributed by atoms with van der Waals surface area (Å²) in [6.07, 6.45) is 3.97. The smallest absolute Gasteiger partial charge is 0.249 e. The first-order chi connectivity index (χ1) is 10.6. The topological polar surface area (TPSA) is 73.9 Å². The zero-order valence-electron chi connectivity index (χ0n) is 12.0. The highest BCUT2D eigenvalue weighted by atomic mass is 19.1. The lowest BCUT2D eigenvalue weighted by Crippen LogP contribution is -2.33. The van der Waals surface area contributed by atoms with Crippen molar-refractivity contribution in [1.82, 2.24) is 9.78 Å². The molecule has 3 rings (SSSR count). The van der Waals surface area contributed by atoms with Crippen LogP contribution in [0.15, 0.2) is 30.6 Å². The van der Waals surface area contributed by atoms with Crippen molar-refractivity contribution in [2.24, 2.45) is 7.05 Å². The Kier molecular flexibility index (Phi) is 3.51. The van der Waals surface area contributed by atoms with Gasteiger partial charge in [0.2, 0.25) is 5.91 Å². The molecule has 0 saturated carbocycles. The number of aryl methyl sites for hydroxylation is 1. The molecule has 2 heterocycles. The minimum atomic E-state index is -0.535. The Morgan fingerprint density at radius 2 is 2.32 bits per heavy atom. The van der Waals surface area contributed by atoms with Gasteiger partial charge in [0.25, 0.3) is 0 Å². The van der Waals surface area contributed by atoms with Crippen molar-refractivity contribution in [3.05, 3.63) is 42.0 Å². The molecule has 22 heavy (non-hydrogen) atoms. The molecule has 1 N–H and O–H groups in total. The number of carbonyl (C=O) groups excluding carboxylic acids is 1. The Bertz CT molecular complexity index is 764. The third-order valence-corrected chi connectivity index (χ3v) is 3.64. The largest absolute Gasteiger partial charge is 0.371 e. The molecule has 1 fully saturated rings. The molecule has 1 aromatic carbocycles. The van der Waals surface area contributed by atoms with Gasteiger partial charge in [-0.1, -0.05) is 0 Å². The summed E-state index contributed by atoms with van der Waals surface area (Å²) in [4.78, 5) is 14.0. The van der Waals surface area contributed by atoms with Crippen molar-refractivity contribution in [1.29, 1.82) is 5.26 Å². The van der Waals surface area contributed by atoms with Crippen LogP contribution in [0.4, 0.5) is 15.8 Å². The molecule has 1 amide bonds. The van der Waals surface area contributed by atoms with E-state index in [2.05, 4.69) is 10.4 Å². The molecule has 0 aliphatic carbocycles. The predicted octanol–water partition coefficient (Wildman–Crippen LogP) is 1.65. The van der Waals surface area contributed by atoms with E-state index in [9.17, 15) is 9.18 Å². The number of nitrogens with one attached hydrogen (secondary N) is 1. The van der Waals surface area contributed by atoms with E-state index in [-0.39, 0.29) is 17.2 Å². The lowest BCUT2D eigenvalue weighted by atomic mass is 10.2. The van der Waals surface area contributed by atoms with Crippen LogP contribution < -0.4 is 10.2 Å². The number of hydrogen-bond acceptors (Lipinski definition) is 4. The zero-order chi connectivity index (χ0) is 15.7.